The Bertz CT molecular complexity index is 1410. The third-order valence-corrected chi connectivity index (χ3v) is 12.6. The minimum Gasteiger partial charge on any atom is -0.462 e. The highest BCUT2D eigenvalue weighted by Gasteiger charge is 2.19. The van der Waals surface area contributed by atoms with Crippen LogP contribution in [-0.4, -0.2) is 37.2 Å². The largest absolute Gasteiger partial charge is 0.462 e. The van der Waals surface area contributed by atoms with Crippen molar-refractivity contribution < 1.29 is 28.6 Å². The molecule has 0 aromatic heterocycles. The maximum Gasteiger partial charge on any atom is 0.306 e. The number of unbranched alkanes of at least 4 members (excludes halogenated alkanes) is 26. The van der Waals surface area contributed by atoms with Gasteiger partial charge in [0.2, 0.25) is 0 Å². The molecule has 6 heteroatoms. The summed E-state index contributed by atoms with van der Waals surface area (Å²) >= 11 is 0. The van der Waals surface area contributed by atoms with Crippen molar-refractivity contribution in [2.24, 2.45) is 0 Å². The lowest BCUT2D eigenvalue weighted by Gasteiger charge is -2.18. The predicted molar refractivity (Wildman–Crippen MR) is 307 cm³/mol. The molecule has 0 aliphatic heterocycles. The normalized spacial score (nSPS) is 12.8. The van der Waals surface area contributed by atoms with Gasteiger partial charge in [-0.15, -0.1) is 0 Å². The second-order valence-electron chi connectivity index (χ2n) is 19.5. The first kappa shape index (κ1) is 67.3. The second-order valence-corrected chi connectivity index (χ2v) is 19.5. The molecule has 0 aromatic rings. The zero-order valence-electron chi connectivity index (χ0n) is 46.5. The van der Waals surface area contributed by atoms with Crippen LogP contribution < -0.4 is 0 Å². The summed E-state index contributed by atoms with van der Waals surface area (Å²) in [4.78, 5) is 38.1. The van der Waals surface area contributed by atoms with Gasteiger partial charge in [0.15, 0.2) is 6.10 Å². The highest BCUT2D eigenvalue weighted by Crippen LogP contribution is 2.16. The summed E-state index contributed by atoms with van der Waals surface area (Å²) in [6.07, 6.45) is 78.5. The number of esters is 3. The fraction of sp³-hybridized carbons (Fsp3) is 0.708. The lowest BCUT2D eigenvalue weighted by Crippen LogP contribution is -2.30. The Labute approximate surface area is 438 Å². The molecule has 0 heterocycles. The molecule has 6 nitrogen and oxygen atoms in total. The molecule has 406 valence electrons. The molecule has 0 saturated heterocycles. The summed E-state index contributed by atoms with van der Waals surface area (Å²) in [5.74, 6) is -0.907. The van der Waals surface area contributed by atoms with Crippen LogP contribution in [0.3, 0.4) is 0 Å². The van der Waals surface area contributed by atoms with E-state index in [2.05, 4.69) is 118 Å². The van der Waals surface area contributed by atoms with Crippen LogP contribution in [-0.2, 0) is 28.6 Å². The van der Waals surface area contributed by atoms with Gasteiger partial charge in [0.05, 0.1) is 0 Å². The van der Waals surface area contributed by atoms with Crippen LogP contribution >= 0.6 is 0 Å². The highest BCUT2D eigenvalue weighted by molar-refractivity contribution is 5.71. The van der Waals surface area contributed by atoms with Gasteiger partial charge < -0.3 is 14.2 Å². The van der Waals surface area contributed by atoms with Crippen molar-refractivity contribution >= 4 is 17.9 Å². The van der Waals surface area contributed by atoms with Crippen molar-refractivity contribution in [2.45, 2.75) is 284 Å². The van der Waals surface area contributed by atoms with E-state index in [-0.39, 0.29) is 31.1 Å². The SMILES string of the molecule is CC/C=C\C/C=C\C/C=C\C/C=C\CCCCCCCCCCCCCCCCC(=O)OCC(COC(=O)CCCCCCCCCCC)OC(=O)CCCCCC/C=C\C/C=C\C/C=C\C/C=C\CC. The highest BCUT2D eigenvalue weighted by atomic mass is 16.6. The Morgan fingerprint density at radius 3 is 0.859 bits per heavy atom. The molecule has 0 aliphatic rings. The van der Waals surface area contributed by atoms with Crippen molar-refractivity contribution in [3.05, 3.63) is 97.2 Å². The molecule has 0 saturated carbocycles. The molecule has 1 atom stereocenters. The van der Waals surface area contributed by atoms with E-state index in [1.165, 1.54) is 116 Å². The third kappa shape index (κ3) is 57.1. The number of hydrogen-bond acceptors (Lipinski definition) is 6. The molecule has 0 rings (SSSR count). The molecule has 0 radical (unpaired) electrons. The first-order valence-electron chi connectivity index (χ1n) is 29.7. The molecule has 0 fully saturated rings. The number of allylic oxidation sites excluding steroid dienone is 16. The van der Waals surface area contributed by atoms with Crippen molar-refractivity contribution in [2.75, 3.05) is 13.2 Å². The van der Waals surface area contributed by atoms with Crippen LogP contribution in [0, 0.1) is 0 Å². The third-order valence-electron chi connectivity index (χ3n) is 12.6. The van der Waals surface area contributed by atoms with Crippen molar-refractivity contribution in [1.82, 2.24) is 0 Å². The molecule has 71 heavy (non-hydrogen) atoms. The molecule has 0 amide bonds. The number of hydrogen-bond donors (Lipinski definition) is 0. The van der Waals surface area contributed by atoms with Crippen molar-refractivity contribution in [3.8, 4) is 0 Å². The average molecular weight is 988 g/mol. The molecule has 0 aliphatic carbocycles. The maximum absolute atomic E-state index is 12.8. The summed E-state index contributed by atoms with van der Waals surface area (Å²) < 4.78 is 16.8. The van der Waals surface area contributed by atoms with E-state index in [1.54, 1.807) is 0 Å². The van der Waals surface area contributed by atoms with E-state index in [1.807, 2.05) is 0 Å². The van der Waals surface area contributed by atoms with Crippen LogP contribution in [0.4, 0.5) is 0 Å². The first-order chi connectivity index (χ1) is 35.0. The van der Waals surface area contributed by atoms with E-state index in [9.17, 15) is 14.4 Å². The van der Waals surface area contributed by atoms with E-state index >= 15 is 0 Å². The summed E-state index contributed by atoms with van der Waals surface area (Å²) in [6, 6.07) is 0. The van der Waals surface area contributed by atoms with Gasteiger partial charge in [-0.2, -0.15) is 0 Å². The van der Waals surface area contributed by atoms with Crippen molar-refractivity contribution in [3.63, 3.8) is 0 Å². The Balaban J connectivity index is 4.22. The van der Waals surface area contributed by atoms with Crippen molar-refractivity contribution in [1.29, 1.82) is 0 Å². The predicted octanol–water partition coefficient (Wildman–Crippen LogP) is 20.1. The molecule has 0 spiro atoms. The topological polar surface area (TPSA) is 78.9 Å². The van der Waals surface area contributed by atoms with E-state index < -0.39 is 6.10 Å². The van der Waals surface area contributed by atoms with Crippen LogP contribution in [0.2, 0.25) is 0 Å². The zero-order valence-corrected chi connectivity index (χ0v) is 46.5. The zero-order chi connectivity index (χ0) is 51.4. The monoisotopic (exact) mass is 987 g/mol. The van der Waals surface area contributed by atoms with Crippen LogP contribution in [0.15, 0.2) is 97.2 Å². The van der Waals surface area contributed by atoms with Gasteiger partial charge in [-0.05, 0) is 96.3 Å². The minimum absolute atomic E-state index is 0.0854. The lowest BCUT2D eigenvalue weighted by molar-refractivity contribution is -0.167. The Kier molecular flexibility index (Phi) is 55.9. The van der Waals surface area contributed by atoms with Gasteiger partial charge in [-0.3, -0.25) is 14.4 Å². The summed E-state index contributed by atoms with van der Waals surface area (Å²) in [5.41, 5.74) is 0. The van der Waals surface area contributed by atoms with Crippen LogP contribution in [0.1, 0.15) is 278 Å². The number of rotatable bonds is 53. The lowest BCUT2D eigenvalue weighted by atomic mass is 10.0. The fourth-order valence-corrected chi connectivity index (χ4v) is 8.19. The van der Waals surface area contributed by atoms with E-state index in [4.69, 9.17) is 14.2 Å². The van der Waals surface area contributed by atoms with E-state index in [0.29, 0.717) is 19.3 Å². The minimum atomic E-state index is -0.788. The second kappa shape index (κ2) is 58.9. The molecule has 1 unspecified atom stereocenters. The number of carbonyl (C=O) groups excluding carboxylic acids is 3. The molecular weight excluding hydrogens is 877 g/mol. The summed E-state index contributed by atoms with van der Waals surface area (Å²) in [5, 5.41) is 0. The maximum atomic E-state index is 12.8. The van der Waals surface area contributed by atoms with Gasteiger partial charge in [0.25, 0.3) is 0 Å². The van der Waals surface area contributed by atoms with E-state index in [0.717, 1.165) is 122 Å². The number of ether oxygens (including phenoxy) is 3. The van der Waals surface area contributed by atoms with Gasteiger partial charge in [0.1, 0.15) is 13.2 Å². The smallest absolute Gasteiger partial charge is 0.306 e. The Hall–Kier alpha value is -3.67. The molecular formula is C65H110O6. The fourth-order valence-electron chi connectivity index (χ4n) is 8.19. The number of carbonyl (C=O) groups is 3. The average Bonchev–Trinajstić information content (AvgIpc) is 3.37. The molecule has 0 aromatic carbocycles. The van der Waals surface area contributed by atoms with Gasteiger partial charge in [-0.1, -0.05) is 259 Å². The van der Waals surface area contributed by atoms with Crippen LogP contribution in [0.25, 0.3) is 0 Å². The standard InChI is InChI=1S/C65H110O6/c1-4-7-10-13-16-19-21-23-25-27-28-29-30-31-32-33-34-35-36-38-39-41-43-46-49-52-55-58-64(67)70-61-62(60-69-63(66)57-54-51-48-45-18-15-12-9-6-3)71-65(68)59-56-53-50-47-44-42-40-37-26-24-22-20-17-14-11-8-5-2/h7-8,10-11,16-17,19-20,23-26,28-29,40,42,62H,4-6,9,12-15,18,21-22,27,30-39,41,43-61H2,1-3H3/b10-7-,11-8-,19-16-,20-17-,25-23-,26-24-,29-28-,42-40-. The molecule has 0 bridgehead atoms. The van der Waals surface area contributed by atoms with Crippen LogP contribution in [0.5, 0.6) is 0 Å². The summed E-state index contributed by atoms with van der Waals surface area (Å²) in [6.45, 7) is 6.39. The molecule has 0 N–H and O–H groups in total. The van der Waals surface area contributed by atoms with Gasteiger partial charge in [-0.25, -0.2) is 0 Å². The quantitative estimate of drug-likeness (QED) is 0.0261. The van der Waals surface area contributed by atoms with Gasteiger partial charge in [0, 0.05) is 19.3 Å². The Morgan fingerprint density at radius 1 is 0.296 bits per heavy atom. The van der Waals surface area contributed by atoms with Gasteiger partial charge >= 0.3 is 17.9 Å². The summed E-state index contributed by atoms with van der Waals surface area (Å²) in [7, 11) is 0. The first-order valence-corrected chi connectivity index (χ1v) is 29.7. The Morgan fingerprint density at radius 2 is 0.549 bits per heavy atom.